The molecular weight excluding hydrogens is 354 g/mol. The third-order valence-corrected chi connectivity index (χ3v) is 6.31. The maximum Gasteiger partial charge on any atom is 0.244 e. The highest BCUT2D eigenvalue weighted by Gasteiger charge is 2.44. The molecule has 1 saturated heterocycles. The van der Waals surface area contributed by atoms with Gasteiger partial charge in [0.1, 0.15) is 12.4 Å². The standard InChI is InChI=1S/C21H27N5O2/c1-13-19(15(3)27)14(2)26(24-13)11-18(28)25-9-5-7-21(12-25)8-6-17-10-22-16(4)23-20(17)21/h10H,5-9,11-12H2,1-4H3. The first-order valence-corrected chi connectivity index (χ1v) is 9.96. The first-order valence-electron chi connectivity index (χ1n) is 9.96. The highest BCUT2D eigenvalue weighted by Crippen LogP contribution is 2.43. The zero-order valence-corrected chi connectivity index (χ0v) is 17.1. The van der Waals surface area contributed by atoms with Gasteiger partial charge in [-0.1, -0.05) is 0 Å². The molecule has 0 saturated carbocycles. The number of hydrogen-bond donors (Lipinski definition) is 0. The molecule has 1 spiro atoms. The van der Waals surface area contributed by atoms with Crippen molar-refractivity contribution in [1.29, 1.82) is 0 Å². The molecule has 1 amide bonds. The van der Waals surface area contributed by atoms with Crippen molar-refractivity contribution in [3.8, 4) is 0 Å². The highest BCUT2D eigenvalue weighted by atomic mass is 16.2. The van der Waals surface area contributed by atoms with Crippen molar-refractivity contribution in [1.82, 2.24) is 24.6 Å². The van der Waals surface area contributed by atoms with Gasteiger partial charge in [0, 0.05) is 30.4 Å². The number of piperidine rings is 1. The van der Waals surface area contributed by atoms with E-state index in [2.05, 4.69) is 10.1 Å². The summed E-state index contributed by atoms with van der Waals surface area (Å²) in [5, 5.41) is 4.43. The zero-order valence-electron chi connectivity index (χ0n) is 17.1. The molecule has 7 heteroatoms. The average molecular weight is 381 g/mol. The number of aromatic nitrogens is 4. The Labute approximate surface area is 165 Å². The summed E-state index contributed by atoms with van der Waals surface area (Å²) in [6, 6.07) is 0. The van der Waals surface area contributed by atoms with Crippen molar-refractivity contribution in [3.05, 3.63) is 40.2 Å². The van der Waals surface area contributed by atoms with E-state index in [1.165, 1.54) is 5.56 Å². The van der Waals surface area contributed by atoms with E-state index in [-0.39, 0.29) is 23.7 Å². The number of ketones is 1. The van der Waals surface area contributed by atoms with Crippen LogP contribution in [-0.4, -0.2) is 49.4 Å². The van der Waals surface area contributed by atoms with Gasteiger partial charge in [0.2, 0.25) is 5.91 Å². The minimum Gasteiger partial charge on any atom is -0.340 e. The molecule has 1 fully saturated rings. The lowest BCUT2D eigenvalue weighted by Crippen LogP contribution is -2.49. The topological polar surface area (TPSA) is 81.0 Å². The van der Waals surface area contributed by atoms with E-state index in [1.807, 2.05) is 31.9 Å². The number of nitrogens with zero attached hydrogens (tertiary/aromatic N) is 5. The van der Waals surface area contributed by atoms with Gasteiger partial charge in [0.05, 0.1) is 17.0 Å². The molecule has 148 valence electrons. The molecular formula is C21H27N5O2. The Balaban J connectivity index is 1.55. The average Bonchev–Trinajstić information content (AvgIpc) is 3.12. The van der Waals surface area contributed by atoms with Crippen LogP contribution in [0.2, 0.25) is 0 Å². The fourth-order valence-electron chi connectivity index (χ4n) is 4.96. The van der Waals surface area contributed by atoms with Gasteiger partial charge in [0.15, 0.2) is 5.78 Å². The summed E-state index contributed by atoms with van der Waals surface area (Å²) < 4.78 is 1.67. The molecule has 1 aliphatic heterocycles. The second-order valence-electron chi connectivity index (χ2n) is 8.25. The maximum atomic E-state index is 13.1. The first kappa shape index (κ1) is 18.8. The number of carbonyl (C=O) groups is 2. The molecule has 1 unspecified atom stereocenters. The molecule has 0 aromatic carbocycles. The van der Waals surface area contributed by atoms with E-state index in [0.29, 0.717) is 17.8 Å². The van der Waals surface area contributed by atoms with Crippen LogP contribution in [0, 0.1) is 20.8 Å². The van der Waals surface area contributed by atoms with Gasteiger partial charge in [-0.15, -0.1) is 0 Å². The molecule has 28 heavy (non-hydrogen) atoms. The van der Waals surface area contributed by atoms with E-state index in [0.717, 1.165) is 49.4 Å². The van der Waals surface area contributed by atoms with Crippen LogP contribution in [0.4, 0.5) is 0 Å². The van der Waals surface area contributed by atoms with Crippen molar-refractivity contribution < 1.29 is 9.59 Å². The summed E-state index contributed by atoms with van der Waals surface area (Å²) in [5.41, 5.74) is 4.40. The predicted octanol–water partition coefficient (Wildman–Crippen LogP) is 2.31. The van der Waals surface area contributed by atoms with Crippen LogP contribution < -0.4 is 0 Å². The van der Waals surface area contributed by atoms with Crippen molar-refractivity contribution >= 4 is 11.7 Å². The summed E-state index contributed by atoms with van der Waals surface area (Å²) in [6.07, 6.45) is 6.00. The minimum atomic E-state index is -0.0451. The molecule has 2 aromatic heterocycles. The van der Waals surface area contributed by atoms with Gasteiger partial charge < -0.3 is 4.90 Å². The van der Waals surface area contributed by atoms with Crippen molar-refractivity contribution in [2.45, 2.75) is 65.3 Å². The van der Waals surface area contributed by atoms with E-state index < -0.39 is 0 Å². The third-order valence-electron chi connectivity index (χ3n) is 6.31. The van der Waals surface area contributed by atoms with Gasteiger partial charge in [-0.3, -0.25) is 14.3 Å². The van der Waals surface area contributed by atoms with Crippen LogP contribution >= 0.6 is 0 Å². The fraction of sp³-hybridized carbons (Fsp3) is 0.571. The van der Waals surface area contributed by atoms with Crippen molar-refractivity contribution in [2.75, 3.05) is 13.1 Å². The largest absolute Gasteiger partial charge is 0.340 e. The molecule has 1 atom stereocenters. The van der Waals surface area contributed by atoms with Gasteiger partial charge >= 0.3 is 0 Å². The number of likely N-dealkylation sites (tertiary alicyclic amines) is 1. The van der Waals surface area contributed by atoms with Gasteiger partial charge in [0.25, 0.3) is 0 Å². The van der Waals surface area contributed by atoms with Crippen LogP contribution in [0.15, 0.2) is 6.20 Å². The lowest BCUT2D eigenvalue weighted by molar-refractivity contribution is -0.134. The first-order chi connectivity index (χ1) is 13.3. The van der Waals surface area contributed by atoms with Crippen LogP contribution in [0.1, 0.15) is 65.0 Å². The second kappa shape index (κ2) is 6.79. The molecule has 0 N–H and O–H groups in total. The number of fused-ring (bicyclic) bond motifs is 2. The monoisotopic (exact) mass is 381 g/mol. The lowest BCUT2D eigenvalue weighted by Gasteiger charge is -2.40. The molecule has 1 aliphatic carbocycles. The Bertz CT molecular complexity index is 960. The summed E-state index contributed by atoms with van der Waals surface area (Å²) >= 11 is 0. The Morgan fingerprint density at radius 1 is 1.21 bits per heavy atom. The fourth-order valence-corrected chi connectivity index (χ4v) is 4.96. The van der Waals surface area contributed by atoms with Crippen LogP contribution in [0.3, 0.4) is 0 Å². The number of rotatable bonds is 3. The number of Topliss-reactive ketones (excluding diaryl/α,β-unsaturated/α-hetero) is 1. The van der Waals surface area contributed by atoms with Gasteiger partial charge in [-0.2, -0.15) is 5.10 Å². The number of amides is 1. The van der Waals surface area contributed by atoms with E-state index in [4.69, 9.17) is 4.98 Å². The molecule has 3 heterocycles. The summed E-state index contributed by atoms with van der Waals surface area (Å²) in [4.78, 5) is 36.0. The van der Waals surface area contributed by atoms with Gasteiger partial charge in [-0.05, 0) is 58.9 Å². The minimum absolute atomic E-state index is 0.0109. The Kier molecular flexibility index (Phi) is 4.56. The Morgan fingerprint density at radius 3 is 2.71 bits per heavy atom. The Morgan fingerprint density at radius 2 is 2.00 bits per heavy atom. The molecule has 4 rings (SSSR count). The van der Waals surface area contributed by atoms with Gasteiger partial charge in [-0.25, -0.2) is 9.97 Å². The van der Waals surface area contributed by atoms with Crippen molar-refractivity contribution in [2.24, 2.45) is 0 Å². The summed E-state index contributed by atoms with van der Waals surface area (Å²) in [6.45, 7) is 8.78. The highest BCUT2D eigenvalue weighted by molar-refractivity contribution is 5.96. The van der Waals surface area contributed by atoms with E-state index in [1.54, 1.807) is 11.6 Å². The van der Waals surface area contributed by atoms with Crippen LogP contribution in [-0.2, 0) is 23.2 Å². The normalized spacial score (nSPS) is 21.2. The molecule has 2 aromatic rings. The summed E-state index contributed by atoms with van der Waals surface area (Å²) in [5.74, 6) is 0.838. The zero-order chi connectivity index (χ0) is 20.1. The SMILES string of the molecule is CC(=O)c1c(C)nn(CC(=O)N2CCCC3(CCc4cnc(C)nc43)C2)c1C. The van der Waals surface area contributed by atoms with Crippen molar-refractivity contribution in [3.63, 3.8) is 0 Å². The van der Waals surface area contributed by atoms with E-state index in [9.17, 15) is 9.59 Å². The lowest BCUT2D eigenvalue weighted by atomic mass is 9.77. The number of carbonyl (C=O) groups excluding carboxylic acids is 2. The van der Waals surface area contributed by atoms with Crippen LogP contribution in [0.5, 0.6) is 0 Å². The molecule has 0 bridgehead atoms. The third kappa shape index (κ3) is 3.02. The number of aryl methyl sites for hydroxylation is 3. The predicted molar refractivity (Wildman–Crippen MR) is 104 cm³/mol. The maximum absolute atomic E-state index is 13.1. The number of hydrogen-bond acceptors (Lipinski definition) is 5. The molecule has 7 nitrogen and oxygen atoms in total. The van der Waals surface area contributed by atoms with E-state index >= 15 is 0 Å². The smallest absolute Gasteiger partial charge is 0.244 e. The Hall–Kier alpha value is -2.57. The quantitative estimate of drug-likeness (QED) is 0.762. The summed E-state index contributed by atoms with van der Waals surface area (Å²) in [7, 11) is 0. The molecule has 0 radical (unpaired) electrons. The molecule has 2 aliphatic rings. The second-order valence-corrected chi connectivity index (χ2v) is 8.25. The van der Waals surface area contributed by atoms with Crippen LogP contribution in [0.25, 0.3) is 0 Å².